The van der Waals surface area contributed by atoms with Gasteiger partial charge in [-0.1, -0.05) is 17.0 Å². The summed E-state index contributed by atoms with van der Waals surface area (Å²) in [7, 11) is 0. The zero-order chi connectivity index (χ0) is 15.2. The second-order valence-electron chi connectivity index (χ2n) is 3.29. The lowest BCUT2D eigenvalue weighted by molar-refractivity contribution is -0.274. The Morgan fingerprint density at radius 1 is 1.45 bits per heavy atom. The molecule has 20 heavy (non-hydrogen) atoms. The first-order valence-electron chi connectivity index (χ1n) is 4.95. The van der Waals surface area contributed by atoms with Crippen molar-refractivity contribution in [3.63, 3.8) is 0 Å². The van der Waals surface area contributed by atoms with Crippen molar-refractivity contribution in [3.8, 4) is 17.6 Å². The molecule has 0 spiro atoms. The van der Waals surface area contributed by atoms with E-state index in [0.717, 1.165) is 18.2 Å². The molecule has 1 aromatic rings. The third-order valence-corrected chi connectivity index (χ3v) is 1.83. The third-order valence-electron chi connectivity index (χ3n) is 1.83. The fraction of sp³-hybridized carbons (Fsp3) is 0.182. The summed E-state index contributed by atoms with van der Waals surface area (Å²) in [6.07, 6.45) is -4.94. The van der Waals surface area contributed by atoms with Crippen molar-refractivity contribution >= 4 is 5.97 Å². The van der Waals surface area contributed by atoms with Gasteiger partial charge in [0.15, 0.2) is 0 Å². The third kappa shape index (κ3) is 5.20. The molecule has 0 aromatic heterocycles. The van der Waals surface area contributed by atoms with E-state index in [1.165, 1.54) is 0 Å². The van der Waals surface area contributed by atoms with Crippen LogP contribution in [0.2, 0.25) is 0 Å². The summed E-state index contributed by atoms with van der Waals surface area (Å²) in [6, 6.07) is 2.74. The standard InChI is InChI=1S/C11H6F3N3O3/c12-11(13,14)20-9-5-7(2-1-3-16-17-15)4-8(6-9)10(18)19/h4-6H,3H2,(H,18,19). The van der Waals surface area contributed by atoms with Crippen LogP contribution in [0.4, 0.5) is 13.2 Å². The van der Waals surface area contributed by atoms with Crippen LogP contribution in [-0.4, -0.2) is 24.0 Å². The minimum Gasteiger partial charge on any atom is -0.478 e. The zero-order valence-electron chi connectivity index (χ0n) is 9.68. The minimum absolute atomic E-state index is 0.00251. The van der Waals surface area contributed by atoms with Gasteiger partial charge in [-0.25, -0.2) is 4.79 Å². The molecule has 0 aliphatic rings. The smallest absolute Gasteiger partial charge is 0.478 e. The monoisotopic (exact) mass is 285 g/mol. The number of azide groups is 1. The fourth-order valence-corrected chi connectivity index (χ4v) is 1.20. The Bertz CT molecular complexity index is 625. The van der Waals surface area contributed by atoms with E-state index in [2.05, 4.69) is 26.6 Å². The number of carboxylic acids is 1. The number of nitrogens with zero attached hydrogens (tertiary/aromatic N) is 3. The highest BCUT2D eigenvalue weighted by atomic mass is 19.4. The number of halogens is 3. The van der Waals surface area contributed by atoms with Gasteiger partial charge in [0.2, 0.25) is 0 Å². The Kier molecular flexibility index (Phi) is 4.83. The Morgan fingerprint density at radius 3 is 2.70 bits per heavy atom. The van der Waals surface area contributed by atoms with Crippen LogP contribution < -0.4 is 4.74 Å². The summed E-state index contributed by atoms with van der Waals surface area (Å²) in [4.78, 5) is 13.2. The van der Waals surface area contributed by atoms with Crippen LogP contribution in [0.25, 0.3) is 10.4 Å². The molecule has 0 fully saturated rings. The summed E-state index contributed by atoms with van der Waals surface area (Å²) in [5.41, 5.74) is 7.61. The predicted molar refractivity (Wildman–Crippen MR) is 61.0 cm³/mol. The highest BCUT2D eigenvalue weighted by Gasteiger charge is 2.31. The van der Waals surface area contributed by atoms with E-state index in [9.17, 15) is 18.0 Å². The van der Waals surface area contributed by atoms with E-state index in [4.69, 9.17) is 10.6 Å². The molecule has 0 aliphatic heterocycles. The molecule has 104 valence electrons. The van der Waals surface area contributed by atoms with Crippen molar-refractivity contribution in [3.05, 3.63) is 39.8 Å². The number of ether oxygens (including phenoxy) is 1. The normalized spacial score (nSPS) is 9.95. The summed E-state index contributed by atoms with van der Waals surface area (Å²) in [5.74, 6) is 2.62. The Labute approximate surface area is 110 Å². The van der Waals surface area contributed by atoms with Crippen molar-refractivity contribution in [1.82, 2.24) is 0 Å². The summed E-state index contributed by atoms with van der Waals surface area (Å²) in [6.45, 7) is -0.191. The van der Waals surface area contributed by atoms with Crippen LogP contribution in [0.1, 0.15) is 15.9 Å². The molecule has 6 nitrogen and oxygen atoms in total. The topological polar surface area (TPSA) is 95.3 Å². The fourth-order valence-electron chi connectivity index (χ4n) is 1.20. The van der Waals surface area contributed by atoms with Gasteiger partial charge < -0.3 is 9.84 Å². The lowest BCUT2D eigenvalue weighted by atomic mass is 10.1. The molecule has 0 saturated heterocycles. The molecular formula is C11H6F3N3O3. The quantitative estimate of drug-likeness (QED) is 0.400. The molecule has 1 rings (SSSR count). The lowest BCUT2D eigenvalue weighted by Gasteiger charge is -2.09. The Morgan fingerprint density at radius 2 is 2.15 bits per heavy atom. The van der Waals surface area contributed by atoms with Crippen molar-refractivity contribution in [1.29, 1.82) is 0 Å². The van der Waals surface area contributed by atoms with E-state index in [1.807, 2.05) is 0 Å². The number of hydrogen-bond donors (Lipinski definition) is 1. The lowest BCUT2D eigenvalue weighted by Crippen LogP contribution is -2.17. The molecule has 9 heteroatoms. The van der Waals surface area contributed by atoms with Gasteiger partial charge in [-0.15, -0.1) is 13.2 Å². The van der Waals surface area contributed by atoms with Crippen LogP contribution >= 0.6 is 0 Å². The molecule has 0 aliphatic carbocycles. The highest BCUT2D eigenvalue weighted by Crippen LogP contribution is 2.25. The van der Waals surface area contributed by atoms with E-state index in [-0.39, 0.29) is 12.1 Å². The largest absolute Gasteiger partial charge is 0.573 e. The molecule has 0 saturated carbocycles. The molecule has 1 aromatic carbocycles. The van der Waals surface area contributed by atoms with Gasteiger partial charge >= 0.3 is 12.3 Å². The molecule has 0 amide bonds. The van der Waals surface area contributed by atoms with E-state index in [1.54, 1.807) is 0 Å². The number of aromatic carboxylic acids is 1. The maximum absolute atomic E-state index is 12.1. The SMILES string of the molecule is [N-]=[N+]=NCC#Cc1cc(OC(F)(F)F)cc(C(=O)O)c1. The minimum atomic E-state index is -4.94. The first-order valence-corrected chi connectivity index (χ1v) is 4.95. The van der Waals surface area contributed by atoms with Crippen LogP contribution in [0.5, 0.6) is 5.75 Å². The maximum Gasteiger partial charge on any atom is 0.573 e. The van der Waals surface area contributed by atoms with Crippen molar-refractivity contribution in [2.45, 2.75) is 6.36 Å². The highest BCUT2D eigenvalue weighted by molar-refractivity contribution is 5.88. The second-order valence-corrected chi connectivity index (χ2v) is 3.29. The molecule has 0 heterocycles. The zero-order valence-corrected chi connectivity index (χ0v) is 9.68. The Balaban J connectivity index is 3.13. The average Bonchev–Trinajstić information content (AvgIpc) is 2.32. The molecular weight excluding hydrogens is 279 g/mol. The number of alkyl halides is 3. The van der Waals surface area contributed by atoms with Gasteiger partial charge in [-0.3, -0.25) is 0 Å². The summed E-state index contributed by atoms with van der Waals surface area (Å²) < 4.78 is 39.9. The van der Waals surface area contributed by atoms with Gasteiger partial charge in [0.25, 0.3) is 0 Å². The van der Waals surface area contributed by atoms with Crippen molar-refractivity contribution in [2.24, 2.45) is 5.11 Å². The molecule has 0 unspecified atom stereocenters. The van der Waals surface area contributed by atoms with Crippen molar-refractivity contribution < 1.29 is 27.8 Å². The van der Waals surface area contributed by atoms with E-state index in [0.29, 0.717) is 0 Å². The summed E-state index contributed by atoms with van der Waals surface area (Å²) >= 11 is 0. The van der Waals surface area contributed by atoms with Crippen LogP contribution in [0, 0.1) is 11.8 Å². The van der Waals surface area contributed by atoms with Gasteiger partial charge in [0.05, 0.1) is 12.1 Å². The molecule has 0 radical (unpaired) electrons. The van der Waals surface area contributed by atoms with Gasteiger partial charge in [0.1, 0.15) is 5.75 Å². The van der Waals surface area contributed by atoms with Crippen LogP contribution in [0.15, 0.2) is 23.3 Å². The number of rotatable bonds is 3. The number of hydrogen-bond acceptors (Lipinski definition) is 3. The number of carbonyl (C=O) groups is 1. The van der Waals surface area contributed by atoms with Gasteiger partial charge in [-0.05, 0) is 23.7 Å². The van der Waals surface area contributed by atoms with Gasteiger partial charge in [0, 0.05) is 10.5 Å². The average molecular weight is 285 g/mol. The van der Waals surface area contributed by atoms with E-state index >= 15 is 0 Å². The molecule has 0 atom stereocenters. The first kappa shape index (κ1) is 15.2. The van der Waals surface area contributed by atoms with E-state index < -0.39 is 23.6 Å². The van der Waals surface area contributed by atoms with Crippen LogP contribution in [-0.2, 0) is 0 Å². The van der Waals surface area contributed by atoms with Crippen LogP contribution in [0.3, 0.4) is 0 Å². The van der Waals surface area contributed by atoms with Crippen molar-refractivity contribution in [2.75, 3.05) is 6.54 Å². The number of carboxylic acid groups (broad SMARTS) is 1. The number of benzene rings is 1. The molecule has 0 bridgehead atoms. The molecule has 1 N–H and O–H groups in total. The summed E-state index contributed by atoms with van der Waals surface area (Å²) in [5, 5.41) is 11.9. The first-order chi connectivity index (χ1) is 9.31. The second kappa shape index (κ2) is 6.36. The maximum atomic E-state index is 12.1. The van der Waals surface area contributed by atoms with Gasteiger partial charge in [-0.2, -0.15) is 0 Å². The predicted octanol–water partition coefficient (Wildman–Crippen LogP) is 2.95. The Hall–Kier alpha value is -2.85.